The summed E-state index contributed by atoms with van der Waals surface area (Å²) in [6, 6.07) is 7.78. The van der Waals surface area contributed by atoms with Gasteiger partial charge in [0.15, 0.2) is 5.58 Å². The zero-order valence-electron chi connectivity index (χ0n) is 11.3. The van der Waals surface area contributed by atoms with Crippen LogP contribution in [0, 0.1) is 6.92 Å². The van der Waals surface area contributed by atoms with Crippen LogP contribution in [0.4, 0.5) is 0 Å². The Morgan fingerprint density at radius 1 is 1.14 bits per heavy atom. The topological polar surface area (TPSA) is 69.6 Å². The molecule has 21 heavy (non-hydrogen) atoms. The van der Waals surface area contributed by atoms with Gasteiger partial charge in [0.25, 0.3) is 0 Å². The van der Waals surface area contributed by atoms with Gasteiger partial charge >= 0.3 is 0 Å². The smallest absolute Gasteiger partial charge is 0.229 e. The number of pyridine rings is 1. The van der Waals surface area contributed by atoms with E-state index in [9.17, 15) is 0 Å². The lowest BCUT2D eigenvalue weighted by atomic mass is 10.2. The molecule has 0 aliphatic heterocycles. The molecule has 0 aliphatic carbocycles. The highest BCUT2D eigenvalue weighted by Gasteiger charge is 2.14. The average Bonchev–Trinajstić information content (AvgIpc) is 3.16. The Kier molecular flexibility index (Phi) is 2.53. The highest BCUT2D eigenvalue weighted by molar-refractivity contribution is 5.78. The Hall–Kier alpha value is -3.02. The van der Waals surface area contributed by atoms with E-state index in [2.05, 4.69) is 20.1 Å². The van der Waals surface area contributed by atoms with Gasteiger partial charge in [-0.2, -0.15) is 5.10 Å². The van der Waals surface area contributed by atoms with Crippen LogP contribution in [0.5, 0.6) is 0 Å². The van der Waals surface area contributed by atoms with E-state index in [0.717, 1.165) is 27.9 Å². The van der Waals surface area contributed by atoms with Gasteiger partial charge in [-0.1, -0.05) is 6.07 Å². The Morgan fingerprint density at radius 2 is 2.10 bits per heavy atom. The zero-order valence-corrected chi connectivity index (χ0v) is 11.3. The average molecular weight is 277 g/mol. The molecule has 0 spiro atoms. The second-order valence-electron chi connectivity index (χ2n) is 4.72. The van der Waals surface area contributed by atoms with E-state index < -0.39 is 0 Å². The minimum absolute atomic E-state index is 0.545. The molecule has 4 aromatic rings. The number of benzene rings is 1. The van der Waals surface area contributed by atoms with Gasteiger partial charge in [-0.15, -0.1) is 0 Å². The van der Waals surface area contributed by atoms with Crippen molar-refractivity contribution in [2.24, 2.45) is 0 Å². The van der Waals surface area contributed by atoms with Crippen molar-refractivity contribution in [3.63, 3.8) is 0 Å². The van der Waals surface area contributed by atoms with Gasteiger partial charge in [0.05, 0.1) is 17.4 Å². The molecule has 6 nitrogen and oxygen atoms in total. The third-order valence-corrected chi connectivity index (χ3v) is 3.24. The Morgan fingerprint density at radius 3 is 2.95 bits per heavy atom. The first kappa shape index (κ1) is 11.8. The number of hydrogen-bond donors (Lipinski definition) is 0. The first-order valence-electron chi connectivity index (χ1n) is 6.48. The fourth-order valence-corrected chi connectivity index (χ4v) is 2.23. The summed E-state index contributed by atoms with van der Waals surface area (Å²) in [7, 11) is 0. The molecule has 0 bridgehead atoms. The molecule has 0 fully saturated rings. The second-order valence-corrected chi connectivity index (χ2v) is 4.72. The van der Waals surface area contributed by atoms with E-state index in [1.54, 1.807) is 23.4 Å². The molecule has 0 unspecified atom stereocenters. The van der Waals surface area contributed by atoms with Crippen LogP contribution in [0.2, 0.25) is 0 Å². The van der Waals surface area contributed by atoms with Gasteiger partial charge in [-0.05, 0) is 30.7 Å². The van der Waals surface area contributed by atoms with Crippen LogP contribution in [0.25, 0.3) is 28.2 Å². The van der Waals surface area contributed by atoms with Crippen LogP contribution in [0.15, 0.2) is 53.7 Å². The first-order valence-corrected chi connectivity index (χ1v) is 6.48. The summed E-state index contributed by atoms with van der Waals surface area (Å²) < 4.78 is 7.49. The maximum Gasteiger partial charge on any atom is 0.229 e. The molecule has 0 amide bonds. The van der Waals surface area contributed by atoms with E-state index in [4.69, 9.17) is 4.42 Å². The molecule has 0 saturated heterocycles. The van der Waals surface area contributed by atoms with Crippen molar-refractivity contribution in [2.45, 2.75) is 6.92 Å². The first-order chi connectivity index (χ1) is 10.3. The summed E-state index contributed by atoms with van der Waals surface area (Å²) in [5.74, 6) is 0.545. The van der Waals surface area contributed by atoms with Crippen LogP contribution in [-0.4, -0.2) is 24.7 Å². The number of aryl methyl sites for hydroxylation is 1. The molecule has 0 saturated carbocycles. The molecular formula is C15H11N5O. The van der Waals surface area contributed by atoms with Crippen molar-refractivity contribution in [1.29, 1.82) is 0 Å². The third-order valence-electron chi connectivity index (χ3n) is 3.24. The van der Waals surface area contributed by atoms with Crippen LogP contribution in [-0.2, 0) is 0 Å². The zero-order chi connectivity index (χ0) is 14.2. The molecule has 0 aliphatic rings. The lowest BCUT2D eigenvalue weighted by Gasteiger charge is -2.04. The number of hydrogen-bond acceptors (Lipinski definition) is 5. The predicted molar refractivity (Wildman–Crippen MR) is 76.9 cm³/mol. The quantitative estimate of drug-likeness (QED) is 0.563. The number of fused-ring (bicyclic) bond motifs is 1. The molecule has 102 valence electrons. The van der Waals surface area contributed by atoms with Crippen molar-refractivity contribution in [1.82, 2.24) is 24.7 Å². The van der Waals surface area contributed by atoms with Gasteiger partial charge in [0, 0.05) is 6.20 Å². The maximum atomic E-state index is 5.85. The van der Waals surface area contributed by atoms with E-state index >= 15 is 0 Å². The molecule has 1 aromatic carbocycles. The van der Waals surface area contributed by atoms with E-state index in [0.29, 0.717) is 5.89 Å². The molecule has 0 radical (unpaired) electrons. The standard InChI is InChI=1S/C15H11N5O/c1-10-2-3-14-12(6-10)19-15(21-14)11-4-5-16-7-13(11)20-9-17-8-18-20/h2-9H,1H3. The monoisotopic (exact) mass is 277 g/mol. The van der Waals surface area contributed by atoms with Crippen molar-refractivity contribution in [2.75, 3.05) is 0 Å². The summed E-state index contributed by atoms with van der Waals surface area (Å²) in [6.07, 6.45) is 6.51. The third kappa shape index (κ3) is 1.97. The van der Waals surface area contributed by atoms with Crippen LogP contribution in [0.3, 0.4) is 0 Å². The van der Waals surface area contributed by atoms with Crippen LogP contribution >= 0.6 is 0 Å². The van der Waals surface area contributed by atoms with E-state index in [-0.39, 0.29) is 0 Å². The lowest BCUT2D eigenvalue weighted by Crippen LogP contribution is -1.98. The Labute approximate surface area is 120 Å². The van der Waals surface area contributed by atoms with Gasteiger partial charge < -0.3 is 4.42 Å². The Balaban J connectivity index is 1.93. The van der Waals surface area contributed by atoms with Crippen molar-refractivity contribution >= 4 is 11.1 Å². The molecule has 6 heteroatoms. The summed E-state index contributed by atoms with van der Waals surface area (Å²) in [6.45, 7) is 2.03. The summed E-state index contributed by atoms with van der Waals surface area (Å²) in [5.41, 5.74) is 4.35. The number of rotatable bonds is 2. The normalized spacial score (nSPS) is 11.1. The van der Waals surface area contributed by atoms with Crippen LogP contribution in [0.1, 0.15) is 5.56 Å². The molecule has 0 atom stereocenters. The number of oxazole rings is 1. The fraction of sp³-hybridized carbons (Fsp3) is 0.0667. The molecule has 4 rings (SSSR count). The van der Waals surface area contributed by atoms with Crippen molar-refractivity contribution < 1.29 is 4.42 Å². The SMILES string of the molecule is Cc1ccc2oc(-c3ccncc3-n3cncn3)nc2c1. The summed E-state index contributed by atoms with van der Waals surface area (Å²) >= 11 is 0. The van der Waals surface area contributed by atoms with Crippen molar-refractivity contribution in [3.8, 4) is 17.1 Å². The largest absolute Gasteiger partial charge is 0.436 e. The Bertz CT molecular complexity index is 911. The fourth-order valence-electron chi connectivity index (χ4n) is 2.23. The van der Waals surface area contributed by atoms with E-state index in [1.165, 1.54) is 6.33 Å². The number of aromatic nitrogens is 5. The van der Waals surface area contributed by atoms with Crippen LogP contribution < -0.4 is 0 Å². The highest BCUT2D eigenvalue weighted by atomic mass is 16.3. The van der Waals surface area contributed by atoms with Gasteiger partial charge in [-0.3, -0.25) is 4.98 Å². The van der Waals surface area contributed by atoms with E-state index in [1.807, 2.05) is 31.2 Å². The van der Waals surface area contributed by atoms with Crippen molar-refractivity contribution in [3.05, 3.63) is 54.9 Å². The number of nitrogens with zero attached hydrogens (tertiary/aromatic N) is 5. The second kappa shape index (κ2) is 4.52. The molecule has 3 aromatic heterocycles. The summed E-state index contributed by atoms with van der Waals surface area (Å²) in [4.78, 5) is 12.7. The minimum Gasteiger partial charge on any atom is -0.436 e. The lowest BCUT2D eigenvalue weighted by molar-refractivity contribution is 0.618. The molecule has 3 heterocycles. The maximum absolute atomic E-state index is 5.85. The summed E-state index contributed by atoms with van der Waals surface area (Å²) in [5, 5.41) is 4.14. The highest BCUT2D eigenvalue weighted by Crippen LogP contribution is 2.28. The minimum atomic E-state index is 0.545. The van der Waals surface area contributed by atoms with Gasteiger partial charge in [-0.25, -0.2) is 14.6 Å². The van der Waals surface area contributed by atoms with Gasteiger partial charge in [0.1, 0.15) is 18.2 Å². The predicted octanol–water partition coefficient (Wildman–Crippen LogP) is 2.78. The molecule has 0 N–H and O–H groups in total. The molecular weight excluding hydrogens is 266 g/mol. The van der Waals surface area contributed by atoms with Gasteiger partial charge in [0.2, 0.25) is 5.89 Å².